The number of hydrogen-bond acceptors (Lipinski definition) is 3. The minimum absolute atomic E-state index is 0. The molecule has 0 saturated heterocycles. The Balaban J connectivity index is 0.000000295. The number of pyridine rings is 1. The maximum atomic E-state index is 8.54. The third kappa shape index (κ3) is 8.21. The first-order valence-electron chi connectivity index (χ1n) is 23.3. The molecule has 63 heavy (non-hydrogen) atoms. The van der Waals surface area contributed by atoms with Crippen LogP contribution >= 0.6 is 0 Å². The largest absolute Gasteiger partial charge is 0.501 e. The Kier molecular flexibility index (Phi) is 11.1. The van der Waals surface area contributed by atoms with Crippen LogP contribution in [0.1, 0.15) is 85.7 Å². The van der Waals surface area contributed by atoms with E-state index in [1.807, 2.05) is 60.8 Å². The molecular formula is C57H55IrN3OSi-2. The fourth-order valence-corrected chi connectivity index (χ4v) is 9.67. The Morgan fingerprint density at radius 1 is 0.698 bits per heavy atom. The van der Waals surface area contributed by atoms with E-state index in [-0.39, 0.29) is 37.5 Å². The van der Waals surface area contributed by atoms with Crippen molar-refractivity contribution in [3.63, 3.8) is 0 Å². The summed E-state index contributed by atoms with van der Waals surface area (Å²) < 4.78 is 34.7. The van der Waals surface area contributed by atoms with Gasteiger partial charge in [-0.25, -0.2) is 0 Å². The van der Waals surface area contributed by atoms with E-state index >= 15 is 0 Å². The van der Waals surface area contributed by atoms with E-state index in [2.05, 4.69) is 150 Å². The minimum atomic E-state index is -2.37. The van der Waals surface area contributed by atoms with E-state index in [4.69, 9.17) is 13.5 Å². The third-order valence-electron chi connectivity index (χ3n) is 12.1. The second-order valence-electron chi connectivity index (χ2n) is 18.5. The van der Waals surface area contributed by atoms with Gasteiger partial charge in [-0.2, -0.15) is 0 Å². The molecule has 0 atom stereocenters. The average Bonchev–Trinajstić information content (AvgIpc) is 3.86. The SMILES string of the molecule is C[Si](C)(C)c1ccc(-c2[c-]cccc2)nc1.[2H]C([2H])([2H])c1c[c-]c(-c2nc3ccccc3n2-c2c(C(C)C)cc(C(C)C)cc2C(C)C)c2oc3cc4c(ccc5ccccc54)cc3c12.[Ir]. The van der Waals surface area contributed by atoms with Crippen molar-refractivity contribution in [2.75, 3.05) is 0 Å². The van der Waals surface area contributed by atoms with Gasteiger partial charge >= 0.3 is 0 Å². The number of aryl methyl sites for hydroxylation is 1. The van der Waals surface area contributed by atoms with E-state index in [9.17, 15) is 0 Å². The topological polar surface area (TPSA) is 43.9 Å². The number of fused-ring (bicyclic) bond motifs is 7. The fourth-order valence-electron chi connectivity index (χ4n) is 8.64. The third-order valence-corrected chi connectivity index (χ3v) is 14.2. The van der Waals surface area contributed by atoms with Crippen molar-refractivity contribution in [2.24, 2.45) is 0 Å². The molecule has 3 heterocycles. The van der Waals surface area contributed by atoms with Crippen molar-refractivity contribution >= 4 is 67.8 Å². The number of nitrogens with zero attached hydrogens (tertiary/aromatic N) is 3. The van der Waals surface area contributed by atoms with Gasteiger partial charge in [-0.1, -0.05) is 152 Å². The molecule has 0 fully saturated rings. The molecule has 4 nitrogen and oxygen atoms in total. The normalized spacial score (nSPS) is 12.9. The first-order valence-corrected chi connectivity index (χ1v) is 25.3. The van der Waals surface area contributed by atoms with E-state index in [1.54, 1.807) is 6.07 Å². The monoisotopic (exact) mass is 1020 g/mol. The van der Waals surface area contributed by atoms with Gasteiger partial charge in [0.15, 0.2) is 0 Å². The van der Waals surface area contributed by atoms with Crippen LogP contribution < -0.4 is 5.19 Å². The quantitative estimate of drug-likeness (QED) is 0.0908. The van der Waals surface area contributed by atoms with Gasteiger partial charge in [0.05, 0.1) is 30.5 Å². The zero-order valence-corrected chi connectivity index (χ0v) is 40.9. The standard InChI is InChI=1S/C43H39N2O.C14H16NSi.Ir/c1-24(2)30-21-33(25(3)4)41(34(22-30)26(5)6)45-38-15-11-10-14-37(38)44-43(45)32-19-16-27(7)40-36-20-29-18-17-28-12-8-9-13-31(28)35(29)23-39(36)46-42(32)40;1-16(2,3)13-9-10-14(15-11-13)12-7-5-4-6-8-12;/h8-18,20-26H,1-7H3;4-7,9-11H,1-3H3;/q2*-1;/i7D3;;. The molecule has 6 heteroatoms. The molecule has 0 unspecified atom stereocenters. The number of furan rings is 1. The Morgan fingerprint density at radius 2 is 1.41 bits per heavy atom. The van der Waals surface area contributed by atoms with Crippen LogP contribution in [0.5, 0.6) is 0 Å². The van der Waals surface area contributed by atoms with Crippen LogP contribution in [0, 0.1) is 19.0 Å². The molecule has 319 valence electrons. The number of hydrogen-bond donors (Lipinski definition) is 0. The summed E-state index contributed by atoms with van der Waals surface area (Å²) in [6, 6.07) is 50.0. The van der Waals surface area contributed by atoms with Crippen LogP contribution in [-0.4, -0.2) is 22.6 Å². The number of imidazole rings is 1. The van der Waals surface area contributed by atoms with E-state index in [1.165, 1.54) is 21.9 Å². The zero-order chi connectivity index (χ0) is 45.9. The van der Waals surface area contributed by atoms with Gasteiger partial charge in [-0.3, -0.25) is 4.98 Å². The summed E-state index contributed by atoms with van der Waals surface area (Å²) in [6.07, 6.45) is 2.02. The molecule has 0 spiro atoms. The fraction of sp³-hybridized carbons (Fsp3) is 0.228. The predicted octanol–water partition coefficient (Wildman–Crippen LogP) is 15.5. The Hall–Kier alpha value is -5.65. The van der Waals surface area contributed by atoms with Crippen LogP contribution in [0.25, 0.3) is 82.8 Å². The van der Waals surface area contributed by atoms with Crippen LogP contribution in [-0.2, 0) is 20.1 Å². The molecule has 0 aliphatic carbocycles. The molecule has 0 aliphatic heterocycles. The summed E-state index contributed by atoms with van der Waals surface area (Å²) in [4.78, 5) is 9.78. The van der Waals surface area contributed by atoms with Crippen molar-refractivity contribution in [3.8, 4) is 28.3 Å². The van der Waals surface area contributed by atoms with Crippen molar-refractivity contribution in [1.82, 2.24) is 14.5 Å². The van der Waals surface area contributed by atoms with Gasteiger partial charge < -0.3 is 14.0 Å². The maximum Gasteiger partial charge on any atom is 0.121 e. The molecule has 3 aromatic heterocycles. The van der Waals surface area contributed by atoms with Gasteiger partial charge in [0.1, 0.15) is 5.58 Å². The second kappa shape index (κ2) is 17.5. The van der Waals surface area contributed by atoms with Crippen molar-refractivity contribution in [3.05, 3.63) is 168 Å². The molecule has 0 N–H and O–H groups in total. The number of para-hydroxylation sites is 2. The average molecular weight is 1020 g/mol. The summed E-state index contributed by atoms with van der Waals surface area (Å²) in [5.41, 5.74) is 10.8. The van der Waals surface area contributed by atoms with Crippen LogP contribution in [0.4, 0.5) is 0 Å². The molecule has 10 rings (SSSR count). The van der Waals surface area contributed by atoms with Gasteiger partial charge in [-0.15, -0.1) is 53.6 Å². The predicted molar refractivity (Wildman–Crippen MR) is 266 cm³/mol. The van der Waals surface area contributed by atoms with Gasteiger partial charge in [0.2, 0.25) is 0 Å². The molecule has 0 bridgehead atoms. The number of benzene rings is 7. The Morgan fingerprint density at radius 3 is 2.08 bits per heavy atom. The van der Waals surface area contributed by atoms with E-state index in [0.717, 1.165) is 54.9 Å². The van der Waals surface area contributed by atoms with Crippen molar-refractivity contribution in [2.45, 2.75) is 85.8 Å². The molecule has 0 aliphatic rings. The summed E-state index contributed by atoms with van der Waals surface area (Å²) >= 11 is 0. The van der Waals surface area contributed by atoms with Crippen molar-refractivity contribution < 1.29 is 28.6 Å². The van der Waals surface area contributed by atoms with Crippen LogP contribution in [0.3, 0.4) is 0 Å². The number of aromatic nitrogens is 3. The molecule has 1 radical (unpaired) electrons. The van der Waals surface area contributed by atoms with Crippen molar-refractivity contribution in [1.29, 1.82) is 0 Å². The smallest absolute Gasteiger partial charge is 0.121 e. The molecule has 7 aromatic carbocycles. The molecule has 0 saturated carbocycles. The minimum Gasteiger partial charge on any atom is -0.501 e. The van der Waals surface area contributed by atoms with Gasteiger partial charge in [-0.05, 0) is 91.1 Å². The summed E-state index contributed by atoms with van der Waals surface area (Å²) in [5.74, 6) is 1.55. The van der Waals surface area contributed by atoms with Crippen LogP contribution in [0.2, 0.25) is 19.6 Å². The zero-order valence-electron chi connectivity index (χ0n) is 40.5. The van der Waals surface area contributed by atoms with Gasteiger partial charge in [0.25, 0.3) is 0 Å². The summed E-state index contributed by atoms with van der Waals surface area (Å²) in [7, 11) is -1.23. The van der Waals surface area contributed by atoms with Gasteiger partial charge in [0, 0.05) is 41.5 Å². The maximum absolute atomic E-state index is 8.54. The molecular weight excluding hydrogens is 963 g/mol. The molecule has 0 amide bonds. The molecule has 10 aromatic rings. The second-order valence-corrected chi connectivity index (χ2v) is 23.5. The van der Waals surface area contributed by atoms with E-state index < -0.39 is 14.9 Å². The summed E-state index contributed by atoms with van der Waals surface area (Å²) in [6.45, 7) is 18.1. The number of rotatable bonds is 7. The van der Waals surface area contributed by atoms with E-state index in [0.29, 0.717) is 33.9 Å². The van der Waals surface area contributed by atoms with Crippen LogP contribution in [0.15, 0.2) is 138 Å². The Labute approximate surface area is 391 Å². The first kappa shape index (κ1) is 40.1. The Bertz CT molecular complexity index is 3350. The summed E-state index contributed by atoms with van der Waals surface area (Å²) in [5, 5.41) is 7.11. The first-order chi connectivity index (χ1) is 31.0.